The van der Waals surface area contributed by atoms with E-state index in [9.17, 15) is 18.0 Å². The van der Waals surface area contributed by atoms with Gasteiger partial charge in [-0.25, -0.2) is 0 Å². The molecule has 6 heteroatoms. The number of nitrogens with zero attached hydrogens (tertiary/aromatic N) is 2. The van der Waals surface area contributed by atoms with Gasteiger partial charge in [-0.05, 0) is 26.0 Å². The predicted molar refractivity (Wildman–Crippen MR) is 56.1 cm³/mol. The van der Waals surface area contributed by atoms with Crippen LogP contribution in [0.15, 0.2) is 18.2 Å². The molecule has 1 aromatic heterocycles. The first-order chi connectivity index (χ1) is 7.84. The molecule has 0 aliphatic carbocycles. The van der Waals surface area contributed by atoms with E-state index < -0.39 is 12.1 Å². The Labute approximate surface area is 97.3 Å². The quantitative estimate of drug-likeness (QED) is 0.819. The maximum atomic E-state index is 12.3. The van der Waals surface area contributed by atoms with Crippen molar-refractivity contribution in [1.82, 2.24) is 9.88 Å². The Balaban J connectivity index is 2.81. The number of hydrogen-bond donors (Lipinski definition) is 0. The fraction of sp³-hybridized carbons (Fsp3) is 0.455. The number of pyridine rings is 1. The first-order valence-corrected chi connectivity index (χ1v) is 5.13. The summed E-state index contributed by atoms with van der Waals surface area (Å²) in [5, 5.41) is 0. The first-order valence-electron chi connectivity index (χ1n) is 5.13. The average molecular weight is 246 g/mol. The predicted octanol–water partition coefficient (Wildman–Crippen LogP) is 2.30. The van der Waals surface area contributed by atoms with Crippen LogP contribution in [0.4, 0.5) is 13.2 Å². The summed E-state index contributed by atoms with van der Waals surface area (Å²) in [7, 11) is 0. The number of aromatic nitrogens is 1. The summed E-state index contributed by atoms with van der Waals surface area (Å²) in [5.74, 6) is -1.83. The minimum Gasteiger partial charge on any atom is -0.329 e. The third kappa shape index (κ3) is 3.72. The van der Waals surface area contributed by atoms with E-state index in [-0.39, 0.29) is 13.1 Å². The van der Waals surface area contributed by atoms with Crippen LogP contribution in [0.25, 0.3) is 0 Å². The van der Waals surface area contributed by atoms with Crippen LogP contribution in [0.5, 0.6) is 0 Å². The summed E-state index contributed by atoms with van der Waals surface area (Å²) in [6.07, 6.45) is -4.83. The Bertz CT molecular complexity index is 404. The van der Waals surface area contributed by atoms with E-state index in [1.54, 1.807) is 25.1 Å². The van der Waals surface area contributed by atoms with Gasteiger partial charge in [-0.3, -0.25) is 9.78 Å². The van der Waals surface area contributed by atoms with Gasteiger partial charge < -0.3 is 4.90 Å². The van der Waals surface area contributed by atoms with Crippen LogP contribution in [0, 0.1) is 6.92 Å². The minimum atomic E-state index is -4.83. The molecule has 17 heavy (non-hydrogen) atoms. The average Bonchev–Trinajstić information content (AvgIpc) is 2.24. The van der Waals surface area contributed by atoms with Gasteiger partial charge in [-0.2, -0.15) is 13.2 Å². The molecule has 0 atom stereocenters. The van der Waals surface area contributed by atoms with Crippen molar-refractivity contribution >= 4 is 5.91 Å². The number of amides is 1. The van der Waals surface area contributed by atoms with E-state index in [2.05, 4.69) is 4.98 Å². The summed E-state index contributed by atoms with van der Waals surface area (Å²) in [4.78, 5) is 15.8. The maximum Gasteiger partial charge on any atom is 0.471 e. The van der Waals surface area contributed by atoms with Crippen LogP contribution in [-0.4, -0.2) is 28.5 Å². The maximum absolute atomic E-state index is 12.3. The van der Waals surface area contributed by atoms with Crippen LogP contribution in [-0.2, 0) is 11.3 Å². The summed E-state index contributed by atoms with van der Waals surface area (Å²) in [6.45, 7) is 3.11. The van der Waals surface area contributed by atoms with Gasteiger partial charge in [0.25, 0.3) is 0 Å². The molecule has 94 valence electrons. The highest BCUT2D eigenvalue weighted by molar-refractivity contribution is 5.81. The number of alkyl halides is 3. The molecular formula is C11H13F3N2O. The number of halogens is 3. The van der Waals surface area contributed by atoms with Crippen molar-refractivity contribution in [2.45, 2.75) is 26.6 Å². The van der Waals surface area contributed by atoms with Gasteiger partial charge in [0, 0.05) is 12.2 Å². The largest absolute Gasteiger partial charge is 0.471 e. The lowest BCUT2D eigenvalue weighted by Gasteiger charge is -2.21. The standard InChI is InChI=1S/C11H13F3N2O/c1-3-16(10(17)11(12,13)14)7-9-6-4-5-8(2)15-9/h4-6H,3,7H2,1-2H3. The second-order valence-corrected chi connectivity index (χ2v) is 3.59. The van der Waals surface area contributed by atoms with Crippen molar-refractivity contribution in [1.29, 1.82) is 0 Å². The third-order valence-corrected chi connectivity index (χ3v) is 2.21. The summed E-state index contributed by atoms with van der Waals surface area (Å²) >= 11 is 0. The molecule has 0 aliphatic heterocycles. The Morgan fingerprint density at radius 1 is 1.41 bits per heavy atom. The number of carbonyl (C=O) groups is 1. The van der Waals surface area contributed by atoms with Crippen molar-refractivity contribution in [3.05, 3.63) is 29.6 Å². The van der Waals surface area contributed by atoms with Crippen LogP contribution >= 0.6 is 0 Å². The van der Waals surface area contributed by atoms with Gasteiger partial charge >= 0.3 is 12.1 Å². The molecule has 0 saturated carbocycles. The second-order valence-electron chi connectivity index (χ2n) is 3.59. The number of carbonyl (C=O) groups excluding carboxylic acids is 1. The number of rotatable bonds is 3. The third-order valence-electron chi connectivity index (χ3n) is 2.21. The molecule has 1 amide bonds. The molecule has 0 saturated heterocycles. The van der Waals surface area contributed by atoms with Crippen molar-refractivity contribution < 1.29 is 18.0 Å². The van der Waals surface area contributed by atoms with Crippen LogP contribution < -0.4 is 0 Å². The molecule has 0 fully saturated rings. The van der Waals surface area contributed by atoms with Crippen molar-refractivity contribution in [2.75, 3.05) is 6.54 Å². The normalized spacial score (nSPS) is 11.4. The molecule has 0 spiro atoms. The van der Waals surface area contributed by atoms with E-state index in [4.69, 9.17) is 0 Å². The van der Waals surface area contributed by atoms with E-state index in [1.807, 2.05) is 0 Å². The topological polar surface area (TPSA) is 33.2 Å². The fourth-order valence-electron chi connectivity index (χ4n) is 1.39. The summed E-state index contributed by atoms with van der Waals surface area (Å²) in [6, 6.07) is 5.04. The van der Waals surface area contributed by atoms with Crippen LogP contribution in [0.3, 0.4) is 0 Å². The van der Waals surface area contributed by atoms with Crippen LogP contribution in [0.1, 0.15) is 18.3 Å². The molecule has 0 N–H and O–H groups in total. The number of hydrogen-bond acceptors (Lipinski definition) is 2. The molecule has 1 heterocycles. The van der Waals surface area contributed by atoms with Crippen LogP contribution in [0.2, 0.25) is 0 Å². The minimum absolute atomic E-state index is 0.00599. The zero-order chi connectivity index (χ0) is 13.1. The van der Waals surface area contributed by atoms with E-state index >= 15 is 0 Å². The Morgan fingerprint density at radius 3 is 2.53 bits per heavy atom. The molecule has 3 nitrogen and oxygen atoms in total. The molecule has 0 aromatic carbocycles. The molecule has 0 bridgehead atoms. The molecule has 0 radical (unpaired) electrons. The lowest BCUT2D eigenvalue weighted by molar-refractivity contribution is -0.185. The Kier molecular flexibility index (Phi) is 4.09. The molecule has 0 unspecified atom stereocenters. The summed E-state index contributed by atoms with van der Waals surface area (Å²) < 4.78 is 36.8. The Hall–Kier alpha value is -1.59. The van der Waals surface area contributed by atoms with E-state index in [1.165, 1.54) is 6.92 Å². The highest BCUT2D eigenvalue weighted by atomic mass is 19.4. The van der Waals surface area contributed by atoms with Gasteiger partial charge in [-0.1, -0.05) is 6.07 Å². The Morgan fingerprint density at radius 2 is 2.06 bits per heavy atom. The zero-order valence-electron chi connectivity index (χ0n) is 9.58. The van der Waals surface area contributed by atoms with Gasteiger partial charge in [-0.15, -0.1) is 0 Å². The van der Waals surface area contributed by atoms with Crippen molar-refractivity contribution in [2.24, 2.45) is 0 Å². The SMILES string of the molecule is CCN(Cc1cccc(C)n1)C(=O)C(F)(F)F. The lowest BCUT2D eigenvalue weighted by atomic mass is 10.3. The second kappa shape index (κ2) is 5.16. The molecule has 0 aliphatic rings. The fourth-order valence-corrected chi connectivity index (χ4v) is 1.39. The first kappa shape index (κ1) is 13.5. The summed E-state index contributed by atoms with van der Waals surface area (Å²) in [5.41, 5.74) is 1.16. The monoisotopic (exact) mass is 246 g/mol. The van der Waals surface area contributed by atoms with Gasteiger partial charge in [0.2, 0.25) is 0 Å². The highest BCUT2D eigenvalue weighted by Crippen LogP contribution is 2.19. The molecule has 1 aromatic rings. The lowest BCUT2D eigenvalue weighted by Crippen LogP contribution is -2.40. The van der Waals surface area contributed by atoms with Gasteiger partial charge in [0.15, 0.2) is 0 Å². The smallest absolute Gasteiger partial charge is 0.329 e. The molecular weight excluding hydrogens is 233 g/mol. The molecule has 1 rings (SSSR count). The van der Waals surface area contributed by atoms with E-state index in [0.717, 1.165) is 4.90 Å². The van der Waals surface area contributed by atoms with Crippen molar-refractivity contribution in [3.63, 3.8) is 0 Å². The van der Waals surface area contributed by atoms with E-state index in [0.29, 0.717) is 11.4 Å². The number of aryl methyl sites for hydroxylation is 1. The van der Waals surface area contributed by atoms with Crippen molar-refractivity contribution in [3.8, 4) is 0 Å². The zero-order valence-corrected chi connectivity index (χ0v) is 9.58. The van der Waals surface area contributed by atoms with Gasteiger partial charge in [0.05, 0.1) is 12.2 Å². The highest BCUT2D eigenvalue weighted by Gasteiger charge is 2.41. The van der Waals surface area contributed by atoms with Gasteiger partial charge in [0.1, 0.15) is 0 Å².